The first-order valence-electron chi connectivity index (χ1n) is 10.5. The number of rotatable bonds is 7. The van der Waals surface area contributed by atoms with Crippen LogP contribution in [0, 0.1) is 13.8 Å². The summed E-state index contributed by atoms with van der Waals surface area (Å²) in [6.45, 7) is 3.92. The van der Waals surface area contributed by atoms with E-state index in [1.165, 1.54) is 20.4 Å². The van der Waals surface area contributed by atoms with Crippen LogP contribution in [0.15, 0.2) is 53.5 Å². The van der Waals surface area contributed by atoms with Gasteiger partial charge in [-0.05, 0) is 48.2 Å². The van der Waals surface area contributed by atoms with Gasteiger partial charge in [-0.3, -0.25) is 4.79 Å². The van der Waals surface area contributed by atoms with Gasteiger partial charge in [0.25, 0.3) is 5.56 Å². The Balaban J connectivity index is 0.00000324. The number of carbonyl (C=O) groups is 2. The van der Waals surface area contributed by atoms with E-state index in [0.717, 1.165) is 32.9 Å². The summed E-state index contributed by atoms with van der Waals surface area (Å²) in [4.78, 5) is 36.3. The van der Waals surface area contributed by atoms with Crippen molar-refractivity contribution in [3.8, 4) is 22.6 Å². The molecule has 0 aliphatic carbocycles. The maximum atomic E-state index is 12.6. The first kappa shape index (κ1) is 31.8. The largest absolute Gasteiger partial charge is 1.00 e. The molecule has 1 atom stereocenters. The van der Waals surface area contributed by atoms with Crippen LogP contribution in [0.2, 0.25) is 0 Å². The molecule has 3 rings (SSSR count). The molecule has 0 bridgehead atoms. The number of hydrogen-bond acceptors (Lipinski definition) is 6. The number of urea groups is 1. The molecular formula is C25H25N3Na2O6. The van der Waals surface area contributed by atoms with E-state index < -0.39 is 41.5 Å². The molecule has 2 N–H and O–H groups in total. The molecule has 0 saturated heterocycles. The van der Waals surface area contributed by atoms with E-state index in [-0.39, 0.29) is 59.1 Å². The maximum Gasteiger partial charge on any atom is 1.00 e. The van der Waals surface area contributed by atoms with Crippen LogP contribution in [0.3, 0.4) is 0 Å². The second-order valence-electron chi connectivity index (χ2n) is 7.92. The fourth-order valence-corrected chi connectivity index (χ4v) is 3.83. The molecule has 0 radical (unpaired) electrons. The quantitative estimate of drug-likeness (QED) is 0.310. The molecule has 1 aromatic heterocycles. The molecule has 0 spiro atoms. The van der Waals surface area contributed by atoms with Gasteiger partial charge in [-0.2, -0.15) is 0 Å². The fourth-order valence-electron chi connectivity index (χ4n) is 3.83. The molecule has 3 aromatic rings. The molecule has 2 amide bonds. The molecule has 1 heterocycles. The Kier molecular flexibility index (Phi) is 12.2. The van der Waals surface area contributed by atoms with Gasteiger partial charge in [0.2, 0.25) is 0 Å². The average molecular weight is 509 g/mol. The van der Waals surface area contributed by atoms with Crippen LogP contribution in [0.25, 0.3) is 11.1 Å². The maximum absolute atomic E-state index is 12.6. The first-order chi connectivity index (χ1) is 16.1. The van der Waals surface area contributed by atoms with E-state index >= 15 is 0 Å². The van der Waals surface area contributed by atoms with Gasteiger partial charge in [0, 0.05) is 31.2 Å². The van der Waals surface area contributed by atoms with Crippen molar-refractivity contribution in [3.63, 3.8) is 0 Å². The van der Waals surface area contributed by atoms with Crippen LogP contribution < -0.4 is 90.3 Å². The zero-order valence-electron chi connectivity index (χ0n) is 21.3. The van der Waals surface area contributed by atoms with Crippen LogP contribution in [-0.2, 0) is 11.8 Å². The summed E-state index contributed by atoms with van der Waals surface area (Å²) in [6, 6.07) is 10.2. The van der Waals surface area contributed by atoms with Crippen LogP contribution >= 0.6 is 0 Å². The van der Waals surface area contributed by atoms with Gasteiger partial charge in [0.1, 0.15) is 11.4 Å². The minimum atomic E-state index is -1.38. The molecule has 178 valence electrons. The molecule has 9 nitrogen and oxygen atoms in total. The number of nitrogens with one attached hydrogen (secondary N) is 2. The molecule has 0 aliphatic heterocycles. The summed E-state index contributed by atoms with van der Waals surface area (Å²) in [7, 11) is 2.98. The number of pyridine rings is 1. The number of aromatic nitrogens is 1. The van der Waals surface area contributed by atoms with Crippen molar-refractivity contribution in [2.75, 3.05) is 12.4 Å². The van der Waals surface area contributed by atoms with Crippen molar-refractivity contribution >= 4 is 17.7 Å². The number of carbonyl (C=O) groups excluding carboxylic acids is 2. The standard InChI is InChI=1S/C25H27N3O6.2Na/c1-14-6-5-7-15(2)22(14)17-12-16(8-9-20(17)34-4)18(13-21(30)31)26-25(33)27-23-19(29)10-11-28(3)24(23)32;;/h5-12,18,29H,13H2,1-4H3,(H,30,31)(H2,26,27,33);;/q;2*+1/p-2/t18-;;/m0../s1. The number of hydrogen-bond donors (Lipinski definition) is 2. The minimum Gasteiger partial charge on any atom is -0.871 e. The molecule has 2 aromatic carbocycles. The number of carboxylic acids is 1. The first-order valence-corrected chi connectivity index (χ1v) is 10.5. The van der Waals surface area contributed by atoms with Crippen molar-refractivity contribution in [3.05, 3.63) is 75.7 Å². The number of carboxylic acid groups (broad SMARTS) is 1. The molecule has 0 aliphatic rings. The molecule has 0 unspecified atom stereocenters. The van der Waals surface area contributed by atoms with E-state index in [1.807, 2.05) is 32.0 Å². The van der Waals surface area contributed by atoms with Crippen LogP contribution in [-0.4, -0.2) is 23.7 Å². The van der Waals surface area contributed by atoms with Gasteiger partial charge >= 0.3 is 65.1 Å². The monoisotopic (exact) mass is 509 g/mol. The van der Waals surface area contributed by atoms with Gasteiger partial charge in [0.15, 0.2) is 0 Å². The van der Waals surface area contributed by atoms with Gasteiger partial charge in [-0.15, -0.1) is 0 Å². The van der Waals surface area contributed by atoms with Gasteiger partial charge < -0.3 is 34.9 Å². The van der Waals surface area contributed by atoms with E-state index in [0.29, 0.717) is 11.3 Å². The summed E-state index contributed by atoms with van der Waals surface area (Å²) < 4.78 is 6.67. The Morgan fingerprint density at radius 3 is 2.31 bits per heavy atom. The van der Waals surface area contributed by atoms with Crippen LogP contribution in [0.5, 0.6) is 11.5 Å². The Bertz CT molecular complexity index is 1290. The van der Waals surface area contributed by atoms with Crippen molar-refractivity contribution in [1.29, 1.82) is 0 Å². The number of nitrogens with zero attached hydrogens (tertiary/aromatic N) is 1. The summed E-state index contributed by atoms with van der Waals surface area (Å²) in [5.41, 5.74) is 3.05. The SMILES string of the molecule is COc1ccc([C@H](CC(=O)[O-])NC(=O)Nc2c([O-])ccn(C)c2=O)cc1-c1c(C)cccc1C.[Na+].[Na+]. The summed E-state index contributed by atoms with van der Waals surface area (Å²) >= 11 is 0. The van der Waals surface area contributed by atoms with Crippen LogP contribution in [0.4, 0.5) is 10.5 Å². The summed E-state index contributed by atoms with van der Waals surface area (Å²) in [5, 5.41) is 28.3. The van der Waals surface area contributed by atoms with Crippen molar-refractivity contribution in [2.24, 2.45) is 7.05 Å². The molecule has 36 heavy (non-hydrogen) atoms. The van der Waals surface area contributed by atoms with Crippen molar-refractivity contribution in [1.82, 2.24) is 9.88 Å². The second kappa shape index (κ2) is 13.9. The van der Waals surface area contributed by atoms with Crippen molar-refractivity contribution in [2.45, 2.75) is 26.3 Å². The van der Waals surface area contributed by atoms with Gasteiger partial charge in [0.05, 0.1) is 13.2 Å². The number of aryl methyl sites for hydroxylation is 3. The fraction of sp³-hybridized carbons (Fsp3) is 0.240. The van der Waals surface area contributed by atoms with E-state index in [4.69, 9.17) is 4.74 Å². The average Bonchev–Trinajstić information content (AvgIpc) is 2.78. The van der Waals surface area contributed by atoms with Gasteiger partial charge in [-0.25, -0.2) is 4.79 Å². The zero-order chi connectivity index (χ0) is 25.0. The number of aliphatic carboxylic acids is 1. The van der Waals surface area contributed by atoms with E-state index in [2.05, 4.69) is 10.6 Å². The topological polar surface area (TPSA) is 136 Å². The molecular weight excluding hydrogens is 484 g/mol. The minimum absolute atomic E-state index is 0. The van der Waals surface area contributed by atoms with E-state index in [9.17, 15) is 24.6 Å². The Labute approximate surface area is 253 Å². The Hall–Kier alpha value is -2.27. The normalized spacial score (nSPS) is 10.9. The molecule has 0 fully saturated rings. The Morgan fingerprint density at radius 1 is 1.08 bits per heavy atom. The van der Waals surface area contributed by atoms with E-state index in [1.54, 1.807) is 18.2 Å². The number of amides is 2. The third-order valence-corrected chi connectivity index (χ3v) is 5.52. The third kappa shape index (κ3) is 7.38. The second-order valence-corrected chi connectivity index (χ2v) is 7.92. The number of methoxy groups -OCH3 is 1. The summed E-state index contributed by atoms with van der Waals surface area (Å²) in [5.74, 6) is -1.45. The predicted octanol–water partition coefficient (Wildman–Crippen LogP) is -4.24. The van der Waals surface area contributed by atoms with Gasteiger partial charge in [-0.1, -0.05) is 36.1 Å². The number of anilines is 1. The summed E-state index contributed by atoms with van der Waals surface area (Å²) in [6.07, 6.45) is 0.766. The van der Waals surface area contributed by atoms with Crippen molar-refractivity contribution < 1.29 is 83.7 Å². The number of ether oxygens (including phenoxy) is 1. The Morgan fingerprint density at radius 2 is 1.72 bits per heavy atom. The molecule has 0 saturated carbocycles. The van der Waals surface area contributed by atoms with Crippen LogP contribution in [0.1, 0.15) is 29.2 Å². The predicted molar refractivity (Wildman–Crippen MR) is 124 cm³/mol. The third-order valence-electron chi connectivity index (χ3n) is 5.52. The smallest absolute Gasteiger partial charge is 0.871 e. The zero-order valence-corrected chi connectivity index (χ0v) is 25.3. The molecule has 11 heteroatoms. The number of benzene rings is 2.